The number of hydrogen-bond acceptors (Lipinski definition) is 5. The van der Waals surface area contributed by atoms with Crippen LogP contribution in [0.2, 0.25) is 0 Å². The molecule has 0 unspecified atom stereocenters. The van der Waals surface area contributed by atoms with E-state index in [9.17, 15) is 18.0 Å². The lowest BCUT2D eigenvalue weighted by molar-refractivity contribution is -0.157. The molecular formula is C12H16BrNO5S. The molecule has 0 N–H and O–H groups in total. The van der Waals surface area contributed by atoms with Gasteiger partial charge in [-0.1, -0.05) is 15.9 Å². The van der Waals surface area contributed by atoms with E-state index in [0.717, 1.165) is 4.90 Å². The Labute approximate surface area is 126 Å². The second kappa shape index (κ2) is 4.84. The second-order valence-corrected chi connectivity index (χ2v) is 8.54. The van der Waals surface area contributed by atoms with E-state index in [0.29, 0.717) is 5.57 Å². The summed E-state index contributed by atoms with van der Waals surface area (Å²) >= 11 is 3.17. The van der Waals surface area contributed by atoms with Gasteiger partial charge in [0.2, 0.25) is 5.91 Å². The number of halogens is 1. The molecule has 0 radical (unpaired) electrons. The highest BCUT2D eigenvalue weighted by Crippen LogP contribution is 2.37. The smallest absolute Gasteiger partial charge is 0.355 e. The maximum Gasteiger partial charge on any atom is 0.355 e. The number of carbonyl (C=O) groups is 2. The molecule has 2 rings (SSSR count). The number of fused-ring (bicyclic) bond motifs is 1. The van der Waals surface area contributed by atoms with Crippen molar-refractivity contribution in [3.63, 3.8) is 0 Å². The van der Waals surface area contributed by atoms with E-state index in [1.54, 1.807) is 20.8 Å². The zero-order valence-corrected chi connectivity index (χ0v) is 13.9. The predicted molar refractivity (Wildman–Crippen MR) is 75.7 cm³/mol. The van der Waals surface area contributed by atoms with Gasteiger partial charge in [0.1, 0.15) is 16.7 Å². The number of sulfone groups is 1. The summed E-state index contributed by atoms with van der Waals surface area (Å²) in [6.07, 6.45) is -0.0653. The van der Waals surface area contributed by atoms with Crippen LogP contribution in [0.15, 0.2) is 11.3 Å². The molecule has 0 aromatic heterocycles. The van der Waals surface area contributed by atoms with Gasteiger partial charge in [-0.05, 0) is 26.3 Å². The van der Waals surface area contributed by atoms with Crippen LogP contribution in [0.5, 0.6) is 0 Å². The second-order valence-electron chi connectivity index (χ2n) is 5.82. The van der Waals surface area contributed by atoms with Crippen molar-refractivity contribution in [2.24, 2.45) is 0 Å². The molecule has 1 atom stereocenters. The molecule has 0 aliphatic carbocycles. The first kappa shape index (κ1) is 15.5. The van der Waals surface area contributed by atoms with E-state index in [2.05, 4.69) is 15.9 Å². The number of nitrogens with zero attached hydrogens (tertiary/aromatic N) is 1. The topological polar surface area (TPSA) is 80.8 Å². The molecule has 0 saturated carbocycles. The summed E-state index contributed by atoms with van der Waals surface area (Å²) in [5, 5.41) is -0.711. The van der Waals surface area contributed by atoms with Crippen molar-refractivity contribution in [3.05, 3.63) is 11.3 Å². The number of β-lactam (4-membered cyclic amide) rings is 1. The summed E-state index contributed by atoms with van der Waals surface area (Å²) in [5.41, 5.74) is -0.266. The minimum absolute atomic E-state index is 0.0653. The summed E-state index contributed by atoms with van der Waals surface area (Å²) in [4.78, 5) is 25.0. The molecule has 0 aromatic carbocycles. The predicted octanol–water partition coefficient (Wildman–Crippen LogP) is 0.964. The highest BCUT2D eigenvalue weighted by atomic mass is 79.9. The quantitative estimate of drug-likeness (QED) is 0.413. The minimum atomic E-state index is -3.42. The Hall–Kier alpha value is -0.890. The van der Waals surface area contributed by atoms with Gasteiger partial charge in [0.05, 0.1) is 12.2 Å². The third kappa shape index (κ3) is 2.63. The fourth-order valence-electron chi connectivity index (χ4n) is 2.19. The number of carbonyl (C=O) groups excluding carboxylic acids is 2. The normalized spacial score (nSPS) is 25.1. The molecule has 0 spiro atoms. The summed E-state index contributed by atoms with van der Waals surface area (Å²) in [7, 11) is -3.42. The Morgan fingerprint density at radius 1 is 1.45 bits per heavy atom. The van der Waals surface area contributed by atoms with Crippen LogP contribution in [0.3, 0.4) is 0 Å². The van der Waals surface area contributed by atoms with Crippen LogP contribution < -0.4 is 0 Å². The highest BCUT2D eigenvalue weighted by Gasteiger charge is 2.53. The van der Waals surface area contributed by atoms with Gasteiger partial charge < -0.3 is 4.74 Å². The average molecular weight is 366 g/mol. The summed E-state index contributed by atoms with van der Waals surface area (Å²) in [6.45, 7) is 5.15. The lowest BCUT2D eigenvalue weighted by Gasteiger charge is -2.44. The van der Waals surface area contributed by atoms with Crippen molar-refractivity contribution in [1.29, 1.82) is 0 Å². The number of hydrogen-bond donors (Lipinski definition) is 0. The van der Waals surface area contributed by atoms with Crippen LogP contribution in [0.1, 0.15) is 27.2 Å². The van der Waals surface area contributed by atoms with Crippen LogP contribution >= 0.6 is 15.9 Å². The molecule has 2 heterocycles. The Morgan fingerprint density at radius 2 is 2.05 bits per heavy atom. The highest BCUT2D eigenvalue weighted by molar-refractivity contribution is 9.09. The van der Waals surface area contributed by atoms with Crippen LogP contribution in [0.4, 0.5) is 0 Å². The van der Waals surface area contributed by atoms with Gasteiger partial charge in [-0.3, -0.25) is 9.69 Å². The molecule has 20 heavy (non-hydrogen) atoms. The Morgan fingerprint density at radius 3 is 2.50 bits per heavy atom. The molecule has 0 bridgehead atoms. The Bertz CT molecular complexity index is 602. The Kier molecular flexibility index (Phi) is 3.75. The SMILES string of the molecule is CC(C)(C)OC(=O)C1=C(CBr)CS(=O)(=O)[C@@H]2CC(=O)N12. The average Bonchev–Trinajstić information content (AvgIpc) is 2.26. The molecule has 6 nitrogen and oxygen atoms in total. The Balaban J connectivity index is 2.44. The monoisotopic (exact) mass is 365 g/mol. The lowest BCUT2D eigenvalue weighted by Crippen LogP contribution is -2.60. The van der Waals surface area contributed by atoms with Gasteiger partial charge >= 0.3 is 5.97 Å². The molecular weight excluding hydrogens is 350 g/mol. The first-order valence-electron chi connectivity index (χ1n) is 6.12. The van der Waals surface area contributed by atoms with E-state index < -0.39 is 26.8 Å². The maximum atomic E-state index is 12.2. The van der Waals surface area contributed by atoms with E-state index >= 15 is 0 Å². The van der Waals surface area contributed by atoms with Crippen LogP contribution in [-0.4, -0.2) is 47.3 Å². The van der Waals surface area contributed by atoms with Crippen molar-refractivity contribution >= 4 is 37.6 Å². The third-order valence-corrected chi connectivity index (χ3v) is 5.66. The largest absolute Gasteiger partial charge is 0.455 e. The van der Waals surface area contributed by atoms with E-state index in [1.165, 1.54) is 0 Å². The molecule has 2 aliphatic heterocycles. The van der Waals surface area contributed by atoms with Gasteiger partial charge in [-0.15, -0.1) is 0 Å². The van der Waals surface area contributed by atoms with Crippen LogP contribution in [-0.2, 0) is 24.2 Å². The molecule has 1 fully saturated rings. The van der Waals surface area contributed by atoms with E-state index in [-0.39, 0.29) is 29.1 Å². The fraction of sp³-hybridized carbons (Fsp3) is 0.667. The first-order valence-corrected chi connectivity index (χ1v) is 8.95. The summed E-state index contributed by atoms with van der Waals surface area (Å²) in [5.74, 6) is -1.24. The van der Waals surface area contributed by atoms with Crippen molar-refractivity contribution in [2.75, 3.05) is 11.1 Å². The number of amides is 1. The maximum absolute atomic E-state index is 12.2. The minimum Gasteiger partial charge on any atom is -0.455 e. The zero-order valence-electron chi connectivity index (χ0n) is 11.5. The molecule has 8 heteroatoms. The molecule has 112 valence electrons. The van der Waals surface area contributed by atoms with Gasteiger partial charge in [-0.2, -0.15) is 0 Å². The molecule has 2 aliphatic rings. The molecule has 1 saturated heterocycles. The lowest BCUT2D eigenvalue weighted by atomic mass is 10.1. The van der Waals surface area contributed by atoms with Crippen molar-refractivity contribution in [3.8, 4) is 0 Å². The van der Waals surface area contributed by atoms with Crippen LogP contribution in [0, 0.1) is 0 Å². The zero-order chi connectivity index (χ0) is 15.3. The molecule has 1 amide bonds. The fourth-order valence-corrected chi connectivity index (χ4v) is 4.78. The standard InChI is InChI=1S/C12H16BrNO5S/c1-12(2,3)19-11(16)10-7(5-13)6-20(17,18)9-4-8(15)14(9)10/h9H,4-6H2,1-3H3/t9-/m1/s1. The number of ether oxygens (including phenoxy) is 1. The van der Waals surface area contributed by atoms with E-state index in [1.807, 2.05) is 0 Å². The van der Waals surface area contributed by atoms with Gasteiger partial charge in [0.25, 0.3) is 0 Å². The van der Waals surface area contributed by atoms with E-state index in [4.69, 9.17) is 4.74 Å². The van der Waals surface area contributed by atoms with Gasteiger partial charge in [0.15, 0.2) is 9.84 Å². The third-order valence-electron chi connectivity index (χ3n) is 3.03. The van der Waals surface area contributed by atoms with Gasteiger partial charge in [-0.25, -0.2) is 13.2 Å². The van der Waals surface area contributed by atoms with Crippen molar-refractivity contribution < 1.29 is 22.7 Å². The number of esters is 1. The van der Waals surface area contributed by atoms with Crippen molar-refractivity contribution in [2.45, 2.75) is 38.2 Å². The van der Waals surface area contributed by atoms with Crippen LogP contribution in [0.25, 0.3) is 0 Å². The van der Waals surface area contributed by atoms with Gasteiger partial charge in [0, 0.05) is 5.33 Å². The summed E-state index contributed by atoms with van der Waals surface area (Å²) in [6, 6.07) is 0. The summed E-state index contributed by atoms with van der Waals surface area (Å²) < 4.78 is 29.3. The van der Waals surface area contributed by atoms with Crippen molar-refractivity contribution in [1.82, 2.24) is 4.90 Å². The number of rotatable bonds is 2. The molecule has 0 aromatic rings. The first-order chi connectivity index (χ1) is 9.07. The number of alkyl halides is 1.